The minimum atomic E-state index is -3.94. The maximum absolute atomic E-state index is 11.7. The monoisotopic (exact) mass is 296 g/mol. The van der Waals surface area contributed by atoms with Crippen LogP contribution in [0.5, 0.6) is 0 Å². The van der Waals surface area contributed by atoms with Crippen molar-refractivity contribution in [2.75, 3.05) is 14.1 Å². The highest BCUT2D eigenvalue weighted by Gasteiger charge is 2.19. The molecule has 8 heteroatoms. The van der Waals surface area contributed by atoms with Gasteiger partial charge in [0, 0.05) is 14.1 Å². The first-order chi connectivity index (χ1) is 7.64. The van der Waals surface area contributed by atoms with Gasteiger partial charge in [-0.25, -0.2) is 13.6 Å². The van der Waals surface area contributed by atoms with Crippen LogP contribution in [0.2, 0.25) is 10.0 Å². The minimum absolute atomic E-state index is 0.00207. The highest BCUT2D eigenvalue weighted by molar-refractivity contribution is 7.89. The highest BCUT2D eigenvalue weighted by Crippen LogP contribution is 2.29. The Bertz CT molecular complexity index is 570. The topological polar surface area (TPSA) is 80.5 Å². The van der Waals surface area contributed by atoms with Gasteiger partial charge in [0.1, 0.15) is 0 Å². The molecule has 1 aromatic carbocycles. The fourth-order valence-corrected chi connectivity index (χ4v) is 2.16. The number of benzene rings is 1. The number of nitrogens with two attached hydrogens (primary N) is 1. The van der Waals surface area contributed by atoms with Crippen LogP contribution in [0.3, 0.4) is 0 Å². The third-order valence-corrected chi connectivity index (χ3v) is 3.66. The van der Waals surface area contributed by atoms with Gasteiger partial charge in [0.2, 0.25) is 10.0 Å². The molecule has 5 nitrogen and oxygen atoms in total. The molecule has 0 fully saturated rings. The molecule has 94 valence electrons. The van der Waals surface area contributed by atoms with Gasteiger partial charge in [0.15, 0.2) is 0 Å². The molecule has 0 atom stereocenters. The number of carbonyl (C=O) groups excluding carboxylic acids is 1. The zero-order valence-corrected chi connectivity index (χ0v) is 11.4. The van der Waals surface area contributed by atoms with E-state index in [0.717, 1.165) is 12.1 Å². The van der Waals surface area contributed by atoms with Crippen molar-refractivity contribution in [2.45, 2.75) is 4.90 Å². The number of nitrogens with zero attached hydrogens (tertiary/aromatic N) is 1. The van der Waals surface area contributed by atoms with E-state index in [2.05, 4.69) is 0 Å². The number of halogens is 2. The fraction of sp³-hybridized carbons (Fsp3) is 0.222. The molecule has 1 rings (SSSR count). The summed E-state index contributed by atoms with van der Waals surface area (Å²) in [4.78, 5) is 12.7. The molecule has 0 bridgehead atoms. The number of rotatable bonds is 2. The lowest BCUT2D eigenvalue weighted by atomic mass is 10.2. The Kier molecular flexibility index (Phi) is 4.03. The average Bonchev–Trinajstić information content (AvgIpc) is 2.19. The Morgan fingerprint density at radius 2 is 1.82 bits per heavy atom. The summed E-state index contributed by atoms with van der Waals surface area (Å²) < 4.78 is 22.4. The molecule has 1 aromatic rings. The van der Waals surface area contributed by atoms with E-state index >= 15 is 0 Å². The maximum Gasteiger partial charge on any atom is 0.254 e. The smallest absolute Gasteiger partial charge is 0.254 e. The van der Waals surface area contributed by atoms with Gasteiger partial charge in [-0.2, -0.15) is 0 Å². The van der Waals surface area contributed by atoms with Crippen LogP contribution < -0.4 is 5.14 Å². The van der Waals surface area contributed by atoms with Crippen molar-refractivity contribution in [3.63, 3.8) is 0 Å². The van der Waals surface area contributed by atoms with Crippen LogP contribution >= 0.6 is 23.2 Å². The molecular formula is C9H10Cl2N2O3S. The first-order valence-corrected chi connectivity index (χ1v) is 6.68. The predicted octanol–water partition coefficient (Wildman–Crippen LogP) is 1.34. The summed E-state index contributed by atoms with van der Waals surface area (Å²) in [6, 6.07) is 2.21. The summed E-state index contributed by atoms with van der Waals surface area (Å²) >= 11 is 11.6. The second kappa shape index (κ2) is 4.81. The molecule has 0 unspecified atom stereocenters. The van der Waals surface area contributed by atoms with E-state index in [1.54, 1.807) is 0 Å². The van der Waals surface area contributed by atoms with Gasteiger partial charge in [-0.1, -0.05) is 23.2 Å². The van der Waals surface area contributed by atoms with E-state index in [1.165, 1.54) is 19.0 Å². The molecule has 0 radical (unpaired) electrons. The Morgan fingerprint density at radius 1 is 1.29 bits per heavy atom. The lowest BCUT2D eigenvalue weighted by Gasteiger charge is -2.13. The molecule has 1 amide bonds. The summed E-state index contributed by atoms with van der Waals surface area (Å²) in [5.74, 6) is -0.456. The standard InChI is InChI=1S/C9H10Cl2N2O3S/c1-13(2)9(14)6-3-5(17(12,15)16)4-7(10)8(6)11/h3-4H,1-2H3,(H2,12,15,16). The van der Waals surface area contributed by atoms with E-state index in [9.17, 15) is 13.2 Å². The number of hydrogen-bond acceptors (Lipinski definition) is 3. The Hall–Kier alpha value is -0.820. The van der Waals surface area contributed by atoms with Gasteiger partial charge in [-0.05, 0) is 12.1 Å². The minimum Gasteiger partial charge on any atom is -0.345 e. The summed E-state index contributed by atoms with van der Waals surface area (Å²) in [6.07, 6.45) is 0. The number of hydrogen-bond donors (Lipinski definition) is 1. The molecule has 0 aliphatic carbocycles. The van der Waals surface area contributed by atoms with E-state index in [4.69, 9.17) is 28.3 Å². The summed E-state index contributed by atoms with van der Waals surface area (Å²) in [5, 5.41) is 4.93. The van der Waals surface area contributed by atoms with Crippen molar-refractivity contribution in [3.8, 4) is 0 Å². The summed E-state index contributed by atoms with van der Waals surface area (Å²) in [7, 11) is -0.917. The van der Waals surface area contributed by atoms with Crippen LogP contribution in [0.25, 0.3) is 0 Å². The second-order valence-corrected chi connectivity index (χ2v) is 5.86. The van der Waals surface area contributed by atoms with Crippen LogP contribution in [-0.4, -0.2) is 33.3 Å². The van der Waals surface area contributed by atoms with Crippen LogP contribution in [0, 0.1) is 0 Å². The molecule has 0 aliphatic rings. The molecule has 0 aliphatic heterocycles. The van der Waals surface area contributed by atoms with Gasteiger partial charge in [0.05, 0.1) is 20.5 Å². The Morgan fingerprint density at radius 3 is 2.24 bits per heavy atom. The van der Waals surface area contributed by atoms with Crippen molar-refractivity contribution in [1.82, 2.24) is 4.90 Å². The molecule has 17 heavy (non-hydrogen) atoms. The second-order valence-electron chi connectivity index (χ2n) is 3.51. The SMILES string of the molecule is CN(C)C(=O)c1cc(S(N)(=O)=O)cc(Cl)c1Cl. The number of amides is 1. The van der Waals surface area contributed by atoms with Gasteiger partial charge in [-0.15, -0.1) is 0 Å². The third-order valence-electron chi connectivity index (χ3n) is 1.97. The van der Waals surface area contributed by atoms with Crippen LogP contribution in [0.1, 0.15) is 10.4 Å². The van der Waals surface area contributed by atoms with E-state index in [0.29, 0.717) is 0 Å². The van der Waals surface area contributed by atoms with Gasteiger partial charge in [0.25, 0.3) is 5.91 Å². The van der Waals surface area contributed by atoms with Gasteiger partial charge in [-0.3, -0.25) is 4.79 Å². The molecule has 0 saturated heterocycles. The number of carbonyl (C=O) groups is 1. The molecule has 0 spiro atoms. The molecule has 0 aromatic heterocycles. The number of sulfonamides is 1. The lowest BCUT2D eigenvalue weighted by Crippen LogP contribution is -2.23. The summed E-state index contributed by atoms with van der Waals surface area (Å²) in [5.41, 5.74) is -0.00630. The molecule has 0 saturated carbocycles. The maximum atomic E-state index is 11.7. The van der Waals surface area contributed by atoms with E-state index in [-0.39, 0.29) is 20.5 Å². The molecule has 0 heterocycles. The Labute approximate surface area is 109 Å². The molecule has 2 N–H and O–H groups in total. The van der Waals surface area contributed by atoms with Crippen LogP contribution in [-0.2, 0) is 10.0 Å². The van der Waals surface area contributed by atoms with Crippen LogP contribution in [0.15, 0.2) is 17.0 Å². The van der Waals surface area contributed by atoms with Crippen molar-refractivity contribution in [2.24, 2.45) is 5.14 Å². The van der Waals surface area contributed by atoms with Crippen molar-refractivity contribution in [3.05, 3.63) is 27.7 Å². The first-order valence-electron chi connectivity index (χ1n) is 4.38. The van der Waals surface area contributed by atoms with Crippen LogP contribution in [0.4, 0.5) is 0 Å². The Balaban J connectivity index is 3.51. The first kappa shape index (κ1) is 14.2. The van der Waals surface area contributed by atoms with E-state index in [1.807, 2.05) is 0 Å². The van der Waals surface area contributed by atoms with Gasteiger partial charge >= 0.3 is 0 Å². The highest BCUT2D eigenvalue weighted by atomic mass is 35.5. The zero-order valence-electron chi connectivity index (χ0n) is 9.07. The third kappa shape index (κ3) is 3.10. The largest absolute Gasteiger partial charge is 0.345 e. The zero-order chi connectivity index (χ0) is 13.4. The quantitative estimate of drug-likeness (QED) is 0.894. The predicted molar refractivity (Wildman–Crippen MR) is 65.9 cm³/mol. The normalized spacial score (nSPS) is 11.4. The number of primary sulfonamides is 1. The lowest BCUT2D eigenvalue weighted by molar-refractivity contribution is 0.0827. The van der Waals surface area contributed by atoms with Crippen molar-refractivity contribution >= 4 is 39.1 Å². The van der Waals surface area contributed by atoms with Crippen molar-refractivity contribution < 1.29 is 13.2 Å². The van der Waals surface area contributed by atoms with Crippen molar-refractivity contribution in [1.29, 1.82) is 0 Å². The molecular weight excluding hydrogens is 287 g/mol. The van der Waals surface area contributed by atoms with E-state index < -0.39 is 15.9 Å². The average molecular weight is 297 g/mol. The van der Waals surface area contributed by atoms with Gasteiger partial charge < -0.3 is 4.90 Å². The fourth-order valence-electron chi connectivity index (χ4n) is 1.12. The summed E-state index contributed by atoms with van der Waals surface area (Å²) in [6.45, 7) is 0.